The summed E-state index contributed by atoms with van der Waals surface area (Å²) in [6.45, 7) is 0.705. The summed E-state index contributed by atoms with van der Waals surface area (Å²) in [4.78, 5) is 19.3. The number of H-pyrrole nitrogens is 1. The van der Waals surface area contributed by atoms with E-state index in [9.17, 15) is 9.18 Å². The highest BCUT2D eigenvalue weighted by atomic mass is 35.5. The van der Waals surface area contributed by atoms with Crippen molar-refractivity contribution in [2.24, 2.45) is 5.92 Å². The third-order valence-corrected chi connectivity index (χ3v) is 4.95. The summed E-state index contributed by atoms with van der Waals surface area (Å²) in [6, 6.07) is 7.32. The summed E-state index contributed by atoms with van der Waals surface area (Å²) in [7, 11) is 0. The number of halogens is 2. The van der Waals surface area contributed by atoms with E-state index in [4.69, 9.17) is 16.3 Å². The number of ether oxygens (including phenoxy) is 1. The van der Waals surface area contributed by atoms with Gasteiger partial charge in [0.25, 0.3) is 0 Å². The Labute approximate surface area is 148 Å². The van der Waals surface area contributed by atoms with Crippen molar-refractivity contribution >= 4 is 22.8 Å². The SMILES string of the molecule is O=c1[nH]c2nc(Oc3cc(F)ccc3Cl)ccc2n1CC1CCCC1. The van der Waals surface area contributed by atoms with Crippen LogP contribution < -0.4 is 10.4 Å². The van der Waals surface area contributed by atoms with Gasteiger partial charge in [0, 0.05) is 18.7 Å². The number of rotatable bonds is 4. The lowest BCUT2D eigenvalue weighted by molar-refractivity contribution is 0.456. The van der Waals surface area contributed by atoms with Crippen molar-refractivity contribution in [2.45, 2.75) is 32.2 Å². The first kappa shape index (κ1) is 16.1. The zero-order valence-electron chi connectivity index (χ0n) is 13.5. The van der Waals surface area contributed by atoms with Gasteiger partial charge < -0.3 is 4.74 Å². The summed E-state index contributed by atoms with van der Waals surface area (Å²) in [5.74, 6) is 0.519. The minimum absolute atomic E-state index is 0.171. The molecule has 2 aromatic heterocycles. The van der Waals surface area contributed by atoms with E-state index in [1.165, 1.54) is 31.0 Å². The maximum absolute atomic E-state index is 13.3. The lowest BCUT2D eigenvalue weighted by Gasteiger charge is -2.10. The number of fused-ring (bicyclic) bond motifs is 1. The smallest absolute Gasteiger partial charge is 0.327 e. The lowest BCUT2D eigenvalue weighted by Crippen LogP contribution is -2.20. The third-order valence-electron chi connectivity index (χ3n) is 4.63. The Morgan fingerprint density at radius 1 is 1.28 bits per heavy atom. The number of aromatic amines is 1. The Hall–Kier alpha value is -2.34. The summed E-state index contributed by atoms with van der Waals surface area (Å²) in [5.41, 5.74) is 1.03. The van der Waals surface area contributed by atoms with E-state index >= 15 is 0 Å². The monoisotopic (exact) mass is 361 g/mol. The van der Waals surface area contributed by atoms with Gasteiger partial charge in [-0.3, -0.25) is 9.55 Å². The van der Waals surface area contributed by atoms with Crippen molar-refractivity contribution < 1.29 is 9.13 Å². The minimum Gasteiger partial charge on any atom is -0.437 e. The van der Waals surface area contributed by atoms with Crippen LogP contribution in [-0.4, -0.2) is 14.5 Å². The largest absolute Gasteiger partial charge is 0.437 e. The number of pyridine rings is 1. The Kier molecular flexibility index (Phi) is 4.21. The molecular weight excluding hydrogens is 345 g/mol. The molecule has 3 aromatic rings. The van der Waals surface area contributed by atoms with E-state index in [-0.39, 0.29) is 22.3 Å². The predicted octanol–water partition coefficient (Wildman–Crippen LogP) is 4.50. The Bertz CT molecular complexity index is 976. The lowest BCUT2D eigenvalue weighted by atomic mass is 10.1. The summed E-state index contributed by atoms with van der Waals surface area (Å²) >= 11 is 6.01. The van der Waals surface area contributed by atoms with Crippen molar-refractivity contribution in [3.63, 3.8) is 0 Å². The zero-order valence-corrected chi connectivity index (χ0v) is 14.2. The van der Waals surface area contributed by atoms with E-state index in [2.05, 4.69) is 9.97 Å². The quantitative estimate of drug-likeness (QED) is 0.744. The van der Waals surface area contributed by atoms with Gasteiger partial charge in [-0.05, 0) is 37.0 Å². The molecule has 0 saturated heterocycles. The molecule has 25 heavy (non-hydrogen) atoms. The fourth-order valence-corrected chi connectivity index (χ4v) is 3.54. The number of hydrogen-bond acceptors (Lipinski definition) is 3. The highest BCUT2D eigenvalue weighted by Gasteiger charge is 2.18. The van der Waals surface area contributed by atoms with Gasteiger partial charge in [-0.1, -0.05) is 24.4 Å². The summed E-state index contributed by atoms with van der Waals surface area (Å²) in [6.07, 6.45) is 4.77. The molecule has 130 valence electrons. The molecule has 1 aliphatic rings. The maximum Gasteiger partial charge on any atom is 0.327 e. The molecule has 0 aliphatic heterocycles. The number of nitrogens with one attached hydrogen (secondary N) is 1. The standard InChI is InChI=1S/C18H17ClFN3O2/c19-13-6-5-12(20)9-15(13)25-16-8-7-14-17(21-16)22-18(24)23(14)10-11-3-1-2-4-11/h5-9,11H,1-4,10H2,(H,21,22,24). The van der Waals surface area contributed by atoms with Crippen molar-refractivity contribution in [1.29, 1.82) is 0 Å². The fourth-order valence-electron chi connectivity index (χ4n) is 3.38. The van der Waals surface area contributed by atoms with Crippen molar-refractivity contribution in [2.75, 3.05) is 0 Å². The van der Waals surface area contributed by atoms with Crippen LogP contribution in [0, 0.1) is 11.7 Å². The van der Waals surface area contributed by atoms with Gasteiger partial charge in [0.05, 0.1) is 10.5 Å². The van der Waals surface area contributed by atoms with Crippen LogP contribution in [0.1, 0.15) is 25.7 Å². The van der Waals surface area contributed by atoms with Crippen LogP contribution in [0.25, 0.3) is 11.2 Å². The first-order chi connectivity index (χ1) is 12.1. The van der Waals surface area contributed by atoms with Crippen molar-refractivity contribution in [3.05, 3.63) is 51.7 Å². The highest BCUT2D eigenvalue weighted by molar-refractivity contribution is 6.32. The molecule has 4 rings (SSSR count). The summed E-state index contributed by atoms with van der Waals surface area (Å²) in [5, 5.41) is 0.288. The normalized spacial score (nSPS) is 15.1. The van der Waals surface area contributed by atoms with Crippen LogP contribution in [0.3, 0.4) is 0 Å². The number of nitrogens with zero attached hydrogens (tertiary/aromatic N) is 2. The van der Waals surface area contributed by atoms with Gasteiger partial charge in [-0.25, -0.2) is 9.18 Å². The molecule has 0 amide bonds. The molecule has 1 N–H and O–H groups in total. The topological polar surface area (TPSA) is 59.9 Å². The summed E-state index contributed by atoms with van der Waals surface area (Å²) < 4.78 is 20.6. The van der Waals surface area contributed by atoms with Crippen molar-refractivity contribution in [1.82, 2.24) is 14.5 Å². The molecule has 0 bridgehead atoms. The average molecular weight is 362 g/mol. The molecule has 1 fully saturated rings. The molecule has 0 unspecified atom stereocenters. The number of benzene rings is 1. The molecule has 0 spiro atoms. The molecule has 1 saturated carbocycles. The Balaban J connectivity index is 1.64. The second-order valence-electron chi connectivity index (χ2n) is 6.39. The van der Waals surface area contributed by atoms with Crippen molar-refractivity contribution in [3.8, 4) is 11.6 Å². The Morgan fingerprint density at radius 2 is 2.08 bits per heavy atom. The van der Waals surface area contributed by atoms with E-state index in [0.29, 0.717) is 18.1 Å². The van der Waals surface area contributed by atoms with Crippen LogP contribution in [0.2, 0.25) is 5.02 Å². The fraction of sp³-hybridized carbons (Fsp3) is 0.333. The molecule has 1 aliphatic carbocycles. The molecule has 0 atom stereocenters. The molecule has 5 nitrogen and oxygen atoms in total. The zero-order chi connectivity index (χ0) is 17.4. The third kappa shape index (κ3) is 3.26. The van der Waals surface area contributed by atoms with Crippen LogP contribution in [0.5, 0.6) is 11.6 Å². The van der Waals surface area contributed by atoms with Gasteiger partial charge in [-0.15, -0.1) is 0 Å². The van der Waals surface area contributed by atoms with E-state index in [1.807, 2.05) is 0 Å². The Morgan fingerprint density at radius 3 is 2.88 bits per heavy atom. The van der Waals surface area contributed by atoms with Gasteiger partial charge in [-0.2, -0.15) is 4.98 Å². The van der Waals surface area contributed by atoms with E-state index in [0.717, 1.165) is 18.4 Å². The first-order valence-electron chi connectivity index (χ1n) is 8.32. The molecule has 1 aromatic carbocycles. The second-order valence-corrected chi connectivity index (χ2v) is 6.79. The molecule has 7 heteroatoms. The second kappa shape index (κ2) is 6.52. The predicted molar refractivity (Wildman–Crippen MR) is 93.8 cm³/mol. The van der Waals surface area contributed by atoms with Crippen LogP contribution in [0.15, 0.2) is 35.1 Å². The van der Waals surface area contributed by atoms with Crippen LogP contribution in [-0.2, 0) is 6.54 Å². The van der Waals surface area contributed by atoms with Crippen LogP contribution in [0.4, 0.5) is 4.39 Å². The minimum atomic E-state index is -0.448. The number of imidazole rings is 1. The average Bonchev–Trinajstić information content (AvgIpc) is 3.20. The molecule has 0 radical (unpaired) electrons. The van der Waals surface area contributed by atoms with E-state index < -0.39 is 5.82 Å². The van der Waals surface area contributed by atoms with Gasteiger partial charge in [0.1, 0.15) is 5.82 Å². The van der Waals surface area contributed by atoms with Gasteiger partial charge in [0.2, 0.25) is 5.88 Å². The van der Waals surface area contributed by atoms with Gasteiger partial charge in [0.15, 0.2) is 11.4 Å². The maximum atomic E-state index is 13.3. The number of aromatic nitrogens is 3. The van der Waals surface area contributed by atoms with Crippen LogP contribution >= 0.6 is 11.6 Å². The first-order valence-corrected chi connectivity index (χ1v) is 8.70. The number of hydrogen-bond donors (Lipinski definition) is 1. The highest BCUT2D eigenvalue weighted by Crippen LogP contribution is 2.30. The molecular formula is C18H17ClFN3O2. The molecule has 2 heterocycles. The van der Waals surface area contributed by atoms with E-state index in [1.54, 1.807) is 16.7 Å². The van der Waals surface area contributed by atoms with Gasteiger partial charge >= 0.3 is 5.69 Å².